The molecule has 136 valence electrons. The van der Waals surface area contributed by atoms with Gasteiger partial charge in [-0.25, -0.2) is 4.99 Å². The number of halogens is 1. The minimum Gasteiger partial charge on any atom is -0.357 e. The topological polar surface area (TPSA) is 65.5 Å². The molecule has 0 heterocycles. The van der Waals surface area contributed by atoms with Gasteiger partial charge in [0, 0.05) is 19.1 Å². The molecule has 1 aliphatic rings. The number of amides is 1. The Labute approximate surface area is 158 Å². The zero-order valence-corrected chi connectivity index (χ0v) is 17.2. The second-order valence-electron chi connectivity index (χ2n) is 6.09. The maximum absolute atomic E-state index is 12.0. The number of nitrogens with zero attached hydrogens (tertiary/aromatic N) is 1. The molecule has 1 rings (SSSR count). The predicted octanol–water partition coefficient (Wildman–Crippen LogP) is 3.19. The number of hydrogen-bond donors (Lipinski definition) is 3. The van der Waals surface area contributed by atoms with Crippen molar-refractivity contribution in [3.63, 3.8) is 0 Å². The average molecular weight is 438 g/mol. The number of nitrogens with one attached hydrogen (secondary N) is 3. The van der Waals surface area contributed by atoms with Gasteiger partial charge in [-0.05, 0) is 26.2 Å². The van der Waals surface area contributed by atoms with Crippen molar-refractivity contribution in [2.24, 2.45) is 4.99 Å². The van der Waals surface area contributed by atoms with Crippen LogP contribution in [0.2, 0.25) is 0 Å². The first-order valence-electron chi connectivity index (χ1n) is 9.07. The van der Waals surface area contributed by atoms with Crippen molar-refractivity contribution in [3.05, 3.63) is 0 Å². The van der Waals surface area contributed by atoms with E-state index in [1.807, 2.05) is 6.92 Å². The normalized spacial score (nSPS) is 15.7. The van der Waals surface area contributed by atoms with Crippen LogP contribution < -0.4 is 16.0 Å². The molecule has 3 N–H and O–H groups in total. The van der Waals surface area contributed by atoms with Gasteiger partial charge in [0.15, 0.2) is 5.96 Å². The molecule has 0 unspecified atom stereocenters. The highest BCUT2D eigenvalue weighted by Gasteiger charge is 2.15. The molecule has 0 aliphatic heterocycles. The number of hydrogen-bond acceptors (Lipinski definition) is 2. The van der Waals surface area contributed by atoms with E-state index in [0.29, 0.717) is 6.04 Å². The molecule has 0 aromatic rings. The number of carbonyl (C=O) groups is 1. The monoisotopic (exact) mass is 438 g/mol. The zero-order chi connectivity index (χ0) is 16.0. The van der Waals surface area contributed by atoms with Crippen molar-refractivity contribution in [3.8, 4) is 0 Å². The van der Waals surface area contributed by atoms with Crippen molar-refractivity contribution in [2.75, 3.05) is 19.6 Å². The quantitative estimate of drug-likeness (QED) is 0.224. The second kappa shape index (κ2) is 15.0. The molecule has 0 atom stereocenters. The molecule has 5 nitrogen and oxygen atoms in total. The minimum atomic E-state index is 0. The third-order valence-electron chi connectivity index (χ3n) is 4.02. The Morgan fingerprint density at radius 1 is 1.04 bits per heavy atom. The Hall–Kier alpha value is -0.530. The number of aliphatic imine (C=N–C) groups is 1. The molecule has 23 heavy (non-hydrogen) atoms. The number of unbranched alkanes of at least 4 members (excludes halogenated alkanes) is 3. The Morgan fingerprint density at radius 2 is 1.78 bits per heavy atom. The van der Waals surface area contributed by atoms with Gasteiger partial charge in [-0.2, -0.15) is 0 Å². The van der Waals surface area contributed by atoms with Crippen molar-refractivity contribution in [2.45, 2.75) is 77.7 Å². The molecule has 1 amide bonds. The van der Waals surface area contributed by atoms with Crippen molar-refractivity contribution in [1.82, 2.24) is 16.0 Å². The van der Waals surface area contributed by atoms with E-state index in [-0.39, 0.29) is 36.4 Å². The van der Waals surface area contributed by atoms with Crippen LogP contribution in [0.3, 0.4) is 0 Å². The zero-order valence-electron chi connectivity index (χ0n) is 14.8. The maximum Gasteiger partial charge on any atom is 0.242 e. The summed E-state index contributed by atoms with van der Waals surface area (Å²) < 4.78 is 0. The van der Waals surface area contributed by atoms with Crippen LogP contribution in [0.4, 0.5) is 0 Å². The summed E-state index contributed by atoms with van der Waals surface area (Å²) in [5.41, 5.74) is 0. The molecule has 0 spiro atoms. The smallest absolute Gasteiger partial charge is 0.242 e. The van der Waals surface area contributed by atoms with Crippen LogP contribution in [-0.2, 0) is 4.79 Å². The molecule has 6 heteroatoms. The van der Waals surface area contributed by atoms with Gasteiger partial charge in [-0.3, -0.25) is 4.79 Å². The molecule has 0 aromatic carbocycles. The lowest BCUT2D eigenvalue weighted by Gasteiger charge is -2.22. The van der Waals surface area contributed by atoms with E-state index in [4.69, 9.17) is 0 Å². The van der Waals surface area contributed by atoms with Gasteiger partial charge in [-0.15, -0.1) is 24.0 Å². The maximum atomic E-state index is 12.0. The van der Waals surface area contributed by atoms with E-state index in [1.165, 1.54) is 38.5 Å². The Bertz CT molecular complexity index is 331. The van der Waals surface area contributed by atoms with Crippen molar-refractivity contribution >= 4 is 35.8 Å². The van der Waals surface area contributed by atoms with E-state index in [0.717, 1.165) is 38.3 Å². The predicted molar refractivity (Wildman–Crippen MR) is 109 cm³/mol. The van der Waals surface area contributed by atoms with E-state index in [9.17, 15) is 4.79 Å². The van der Waals surface area contributed by atoms with Gasteiger partial charge < -0.3 is 16.0 Å². The summed E-state index contributed by atoms with van der Waals surface area (Å²) in [7, 11) is 0. The molecule has 1 aliphatic carbocycles. The van der Waals surface area contributed by atoms with Crippen LogP contribution in [0.15, 0.2) is 4.99 Å². The first-order chi connectivity index (χ1) is 10.8. The van der Waals surface area contributed by atoms with Crippen molar-refractivity contribution in [1.29, 1.82) is 0 Å². The van der Waals surface area contributed by atoms with Gasteiger partial charge in [0.25, 0.3) is 0 Å². The Morgan fingerprint density at radius 3 is 2.43 bits per heavy atom. The average Bonchev–Trinajstić information content (AvgIpc) is 2.53. The lowest BCUT2D eigenvalue weighted by molar-refractivity contribution is -0.120. The van der Waals surface area contributed by atoms with Gasteiger partial charge >= 0.3 is 0 Å². The summed E-state index contributed by atoms with van der Waals surface area (Å²) in [6.45, 7) is 6.18. The standard InChI is InChI=1S/C17H34N4O.HI/c1-3-5-6-10-13-19-17(18-4-2)20-14-16(22)21-15-11-8-7-9-12-15;/h15H,3-14H2,1-2H3,(H,21,22)(H2,18,19,20);1H. The van der Waals surface area contributed by atoms with Gasteiger partial charge in [0.2, 0.25) is 5.91 Å². The lowest BCUT2D eigenvalue weighted by atomic mass is 9.95. The van der Waals surface area contributed by atoms with Crippen LogP contribution in [0.1, 0.15) is 71.6 Å². The fourth-order valence-electron chi connectivity index (χ4n) is 2.77. The highest BCUT2D eigenvalue weighted by atomic mass is 127. The van der Waals surface area contributed by atoms with E-state index < -0.39 is 0 Å². The highest BCUT2D eigenvalue weighted by molar-refractivity contribution is 14.0. The summed E-state index contributed by atoms with van der Waals surface area (Å²) in [5.74, 6) is 0.785. The molecule has 0 aromatic heterocycles. The van der Waals surface area contributed by atoms with E-state index >= 15 is 0 Å². The fourth-order valence-corrected chi connectivity index (χ4v) is 2.77. The number of guanidine groups is 1. The molecule has 0 radical (unpaired) electrons. The van der Waals surface area contributed by atoms with Crippen LogP contribution in [0.25, 0.3) is 0 Å². The first kappa shape index (κ1) is 22.5. The molecular weight excluding hydrogens is 403 g/mol. The Kier molecular flexibility index (Phi) is 14.7. The van der Waals surface area contributed by atoms with Crippen LogP contribution in [0, 0.1) is 0 Å². The van der Waals surface area contributed by atoms with E-state index in [1.54, 1.807) is 0 Å². The van der Waals surface area contributed by atoms with Crippen LogP contribution >= 0.6 is 24.0 Å². The second-order valence-corrected chi connectivity index (χ2v) is 6.09. The Balaban J connectivity index is 0.00000484. The van der Waals surface area contributed by atoms with Gasteiger partial charge in [0.05, 0.1) is 0 Å². The van der Waals surface area contributed by atoms with Gasteiger partial charge in [0.1, 0.15) is 6.54 Å². The third-order valence-corrected chi connectivity index (χ3v) is 4.02. The van der Waals surface area contributed by atoms with Crippen LogP contribution in [-0.4, -0.2) is 37.5 Å². The van der Waals surface area contributed by atoms with E-state index in [2.05, 4.69) is 27.9 Å². The van der Waals surface area contributed by atoms with Crippen molar-refractivity contribution < 1.29 is 4.79 Å². The molecule has 0 bridgehead atoms. The molecule has 0 saturated heterocycles. The molecular formula is C17H35IN4O. The summed E-state index contributed by atoms with van der Waals surface area (Å²) in [4.78, 5) is 16.3. The van der Waals surface area contributed by atoms with Gasteiger partial charge in [-0.1, -0.05) is 45.4 Å². The molecule has 1 saturated carbocycles. The summed E-state index contributed by atoms with van der Waals surface area (Å²) >= 11 is 0. The first-order valence-corrected chi connectivity index (χ1v) is 9.07. The minimum absolute atomic E-state index is 0. The van der Waals surface area contributed by atoms with Crippen LogP contribution in [0.5, 0.6) is 0 Å². The number of rotatable bonds is 9. The highest BCUT2D eigenvalue weighted by Crippen LogP contribution is 2.17. The summed E-state index contributed by atoms with van der Waals surface area (Å²) in [5, 5.41) is 9.59. The number of carbonyl (C=O) groups excluding carboxylic acids is 1. The summed E-state index contributed by atoms with van der Waals surface area (Å²) in [6, 6.07) is 0.362. The lowest BCUT2D eigenvalue weighted by Crippen LogP contribution is -2.40. The third kappa shape index (κ3) is 11.6. The fraction of sp³-hybridized carbons (Fsp3) is 0.882. The largest absolute Gasteiger partial charge is 0.357 e. The molecule has 1 fully saturated rings. The summed E-state index contributed by atoms with van der Waals surface area (Å²) in [6.07, 6.45) is 10.9. The SMILES string of the molecule is CCCCCCNC(=NCC(=O)NC1CCCCC1)NCC.I.